The van der Waals surface area contributed by atoms with E-state index in [1.54, 1.807) is 0 Å². The van der Waals surface area contributed by atoms with Crippen LogP contribution in [-0.4, -0.2) is 23.4 Å². The summed E-state index contributed by atoms with van der Waals surface area (Å²) < 4.78 is 0. The molecule has 1 N–H and O–H groups in total. The molecule has 1 saturated heterocycles. The number of hydrogen-bond acceptors (Lipinski definition) is 2. The van der Waals surface area contributed by atoms with E-state index in [4.69, 9.17) is 0 Å². The summed E-state index contributed by atoms with van der Waals surface area (Å²) in [6, 6.07) is 10.3. The molecule has 3 nitrogen and oxygen atoms in total. The van der Waals surface area contributed by atoms with E-state index in [0.29, 0.717) is 11.8 Å². The third-order valence-electron chi connectivity index (χ3n) is 4.28. The number of carbonyl (C=O) groups excluding carboxylic acids is 1. The van der Waals surface area contributed by atoms with E-state index in [0.717, 1.165) is 19.4 Å². The van der Waals surface area contributed by atoms with Crippen molar-refractivity contribution in [2.45, 2.75) is 52.7 Å². The minimum Gasteiger partial charge on any atom is -0.321 e. The van der Waals surface area contributed by atoms with Crippen molar-refractivity contribution < 1.29 is 4.79 Å². The van der Waals surface area contributed by atoms with Crippen LogP contribution in [0.15, 0.2) is 30.3 Å². The molecule has 0 aromatic heterocycles. The van der Waals surface area contributed by atoms with Crippen molar-refractivity contribution in [3.8, 4) is 0 Å². The van der Waals surface area contributed by atoms with Gasteiger partial charge in [0, 0.05) is 6.54 Å². The van der Waals surface area contributed by atoms with Crippen LogP contribution in [0.4, 0.5) is 0 Å². The number of carbonyl (C=O) groups is 1. The zero-order chi connectivity index (χ0) is 15.4. The molecule has 1 aromatic carbocycles. The fraction of sp³-hybridized carbons (Fsp3) is 0.611. The monoisotopic (exact) mass is 288 g/mol. The summed E-state index contributed by atoms with van der Waals surface area (Å²) in [4.78, 5) is 14.8. The first-order chi connectivity index (χ1) is 10.0. The smallest absolute Gasteiger partial charge is 0.241 e. The molecular formula is C18H28N2O. The number of benzene rings is 1. The van der Waals surface area contributed by atoms with Gasteiger partial charge < -0.3 is 4.90 Å². The van der Waals surface area contributed by atoms with Gasteiger partial charge in [-0.1, -0.05) is 64.4 Å². The first kappa shape index (κ1) is 16.0. The normalized spacial score (nSPS) is 23.9. The Morgan fingerprint density at radius 1 is 1.19 bits per heavy atom. The topological polar surface area (TPSA) is 32.3 Å². The maximum absolute atomic E-state index is 12.7. The molecule has 0 bridgehead atoms. The fourth-order valence-electron chi connectivity index (χ4n) is 2.89. The predicted molar refractivity (Wildman–Crippen MR) is 86.7 cm³/mol. The molecule has 1 fully saturated rings. The van der Waals surface area contributed by atoms with E-state index >= 15 is 0 Å². The van der Waals surface area contributed by atoms with Crippen LogP contribution in [0.25, 0.3) is 0 Å². The Kier molecular flexibility index (Phi) is 5.40. The Hall–Kier alpha value is -1.35. The van der Waals surface area contributed by atoms with Gasteiger partial charge in [0.15, 0.2) is 0 Å². The van der Waals surface area contributed by atoms with Gasteiger partial charge in [-0.15, -0.1) is 0 Å². The lowest BCUT2D eigenvalue weighted by Crippen LogP contribution is -2.34. The van der Waals surface area contributed by atoms with E-state index in [-0.39, 0.29) is 18.1 Å². The highest BCUT2D eigenvalue weighted by atomic mass is 16.2. The average Bonchev–Trinajstić information content (AvgIpc) is 2.76. The molecule has 0 spiro atoms. The Morgan fingerprint density at radius 2 is 1.86 bits per heavy atom. The third-order valence-corrected chi connectivity index (χ3v) is 4.28. The van der Waals surface area contributed by atoms with E-state index < -0.39 is 0 Å². The van der Waals surface area contributed by atoms with Crippen molar-refractivity contribution in [3.63, 3.8) is 0 Å². The van der Waals surface area contributed by atoms with Crippen LogP contribution >= 0.6 is 0 Å². The van der Waals surface area contributed by atoms with Crippen molar-refractivity contribution >= 4 is 5.91 Å². The molecule has 21 heavy (non-hydrogen) atoms. The standard InChI is InChI=1S/C18H28N2O/c1-5-14(4)12-20-17(15-9-7-6-8-10-15)19-16(18(20)21)11-13(2)3/h6-10,13-14,16-17,19H,5,11-12H2,1-4H3. The second kappa shape index (κ2) is 7.08. The second-order valence-corrected chi connectivity index (χ2v) is 6.67. The highest BCUT2D eigenvalue weighted by Crippen LogP contribution is 2.28. The summed E-state index contributed by atoms with van der Waals surface area (Å²) >= 11 is 0. The molecular weight excluding hydrogens is 260 g/mol. The first-order valence-corrected chi connectivity index (χ1v) is 8.14. The molecule has 3 atom stereocenters. The molecule has 1 aliphatic heterocycles. The number of rotatable bonds is 6. The lowest BCUT2D eigenvalue weighted by atomic mass is 10.0. The minimum absolute atomic E-state index is 0.0245. The molecule has 3 heteroatoms. The Labute approximate surface area is 128 Å². The van der Waals surface area contributed by atoms with Gasteiger partial charge in [-0.3, -0.25) is 10.1 Å². The highest BCUT2D eigenvalue weighted by Gasteiger charge is 2.39. The summed E-state index contributed by atoms with van der Waals surface area (Å²) in [6.07, 6.45) is 2.02. The van der Waals surface area contributed by atoms with E-state index in [1.165, 1.54) is 5.56 Å². The van der Waals surface area contributed by atoms with Gasteiger partial charge in [0.1, 0.15) is 6.17 Å². The van der Waals surface area contributed by atoms with Crippen LogP contribution in [0.2, 0.25) is 0 Å². The first-order valence-electron chi connectivity index (χ1n) is 8.14. The lowest BCUT2D eigenvalue weighted by molar-refractivity contribution is -0.131. The fourth-order valence-corrected chi connectivity index (χ4v) is 2.89. The number of hydrogen-bond donors (Lipinski definition) is 1. The van der Waals surface area contributed by atoms with Gasteiger partial charge >= 0.3 is 0 Å². The average molecular weight is 288 g/mol. The molecule has 1 aromatic rings. The molecule has 116 valence electrons. The van der Waals surface area contributed by atoms with Crippen LogP contribution < -0.4 is 5.32 Å². The third kappa shape index (κ3) is 3.85. The van der Waals surface area contributed by atoms with Crippen molar-refractivity contribution in [1.82, 2.24) is 10.2 Å². The molecule has 1 amide bonds. The van der Waals surface area contributed by atoms with Crippen LogP contribution in [-0.2, 0) is 4.79 Å². The summed E-state index contributed by atoms with van der Waals surface area (Å²) in [6.45, 7) is 9.57. The second-order valence-electron chi connectivity index (χ2n) is 6.67. The maximum Gasteiger partial charge on any atom is 0.241 e. The van der Waals surface area contributed by atoms with E-state index in [1.807, 2.05) is 23.1 Å². The SMILES string of the molecule is CCC(C)CN1C(=O)C(CC(C)C)NC1c1ccccc1. The quantitative estimate of drug-likeness (QED) is 0.868. The van der Waals surface area contributed by atoms with Gasteiger partial charge in [0.2, 0.25) is 5.91 Å². The molecule has 1 aliphatic rings. The molecule has 3 unspecified atom stereocenters. The Morgan fingerprint density at radius 3 is 2.43 bits per heavy atom. The lowest BCUT2D eigenvalue weighted by Gasteiger charge is -2.27. The molecule has 0 saturated carbocycles. The van der Waals surface area contributed by atoms with Crippen molar-refractivity contribution in [1.29, 1.82) is 0 Å². The van der Waals surface area contributed by atoms with Crippen LogP contribution in [0.1, 0.15) is 52.3 Å². The van der Waals surface area contributed by atoms with Crippen LogP contribution in [0, 0.1) is 11.8 Å². The summed E-state index contributed by atoms with van der Waals surface area (Å²) in [5.74, 6) is 1.31. The van der Waals surface area contributed by atoms with Gasteiger partial charge in [-0.05, 0) is 23.8 Å². The van der Waals surface area contributed by atoms with Gasteiger partial charge in [0.25, 0.3) is 0 Å². The molecule has 0 radical (unpaired) electrons. The van der Waals surface area contributed by atoms with Crippen LogP contribution in [0.3, 0.4) is 0 Å². The Bertz CT molecular complexity index is 458. The predicted octanol–water partition coefficient (Wildman–Crippen LogP) is 3.58. The number of nitrogens with one attached hydrogen (secondary N) is 1. The van der Waals surface area contributed by atoms with Crippen molar-refractivity contribution in [2.24, 2.45) is 11.8 Å². The zero-order valence-electron chi connectivity index (χ0n) is 13.7. The van der Waals surface area contributed by atoms with Gasteiger partial charge in [0.05, 0.1) is 6.04 Å². The van der Waals surface area contributed by atoms with Crippen molar-refractivity contribution in [2.75, 3.05) is 6.54 Å². The maximum atomic E-state index is 12.7. The van der Waals surface area contributed by atoms with Gasteiger partial charge in [-0.2, -0.15) is 0 Å². The zero-order valence-corrected chi connectivity index (χ0v) is 13.7. The van der Waals surface area contributed by atoms with Crippen LogP contribution in [0.5, 0.6) is 0 Å². The number of amides is 1. The molecule has 2 rings (SSSR count). The molecule has 1 heterocycles. The highest BCUT2D eigenvalue weighted by molar-refractivity contribution is 5.84. The van der Waals surface area contributed by atoms with E-state index in [9.17, 15) is 4.79 Å². The summed E-state index contributed by atoms with van der Waals surface area (Å²) in [7, 11) is 0. The number of nitrogens with zero attached hydrogens (tertiary/aromatic N) is 1. The summed E-state index contributed by atoms with van der Waals surface area (Å²) in [5.41, 5.74) is 1.18. The van der Waals surface area contributed by atoms with E-state index in [2.05, 4.69) is 45.1 Å². The van der Waals surface area contributed by atoms with Gasteiger partial charge in [-0.25, -0.2) is 0 Å². The minimum atomic E-state index is -0.0423. The largest absolute Gasteiger partial charge is 0.321 e. The molecule has 0 aliphatic carbocycles. The Balaban J connectivity index is 2.21. The van der Waals surface area contributed by atoms with Crippen molar-refractivity contribution in [3.05, 3.63) is 35.9 Å². The summed E-state index contributed by atoms with van der Waals surface area (Å²) in [5, 5.41) is 3.54.